The molecule has 0 aliphatic heterocycles. The molecule has 0 radical (unpaired) electrons. The zero-order valence-electron chi connectivity index (χ0n) is 11.1. The van der Waals surface area contributed by atoms with Crippen LogP contribution in [-0.4, -0.2) is 29.2 Å². The van der Waals surface area contributed by atoms with E-state index in [1.165, 1.54) is 0 Å². The molecule has 1 aliphatic carbocycles. The van der Waals surface area contributed by atoms with E-state index in [2.05, 4.69) is 5.32 Å². The zero-order valence-corrected chi connectivity index (χ0v) is 11.1. The molecule has 4 heteroatoms. The highest BCUT2D eigenvalue weighted by Gasteiger charge is 2.26. The minimum absolute atomic E-state index is 0.136. The number of hydrogen-bond acceptors (Lipinski definition) is 3. The summed E-state index contributed by atoms with van der Waals surface area (Å²) in [4.78, 5) is 12.0. The molecule has 0 bridgehead atoms. The van der Waals surface area contributed by atoms with Gasteiger partial charge in [0.05, 0.1) is 18.2 Å². The highest BCUT2D eigenvalue weighted by atomic mass is 16.3. The van der Waals surface area contributed by atoms with Gasteiger partial charge in [-0.25, -0.2) is 0 Å². The maximum absolute atomic E-state index is 12.0. The van der Waals surface area contributed by atoms with Crippen molar-refractivity contribution < 1.29 is 9.90 Å². The van der Waals surface area contributed by atoms with E-state index in [9.17, 15) is 9.90 Å². The number of hydrogen-bond donors (Lipinski definition) is 3. The van der Waals surface area contributed by atoms with Gasteiger partial charge in [0.2, 0.25) is 5.91 Å². The van der Waals surface area contributed by atoms with E-state index in [1.54, 1.807) is 0 Å². The van der Waals surface area contributed by atoms with Crippen molar-refractivity contribution >= 4 is 5.91 Å². The van der Waals surface area contributed by atoms with Crippen LogP contribution in [0.25, 0.3) is 0 Å². The van der Waals surface area contributed by atoms with E-state index in [1.807, 2.05) is 30.3 Å². The molecule has 3 atom stereocenters. The Morgan fingerprint density at radius 3 is 2.68 bits per heavy atom. The van der Waals surface area contributed by atoms with Crippen LogP contribution in [0.1, 0.15) is 31.2 Å². The summed E-state index contributed by atoms with van der Waals surface area (Å²) in [6.45, 7) is 0. The average Bonchev–Trinajstić information content (AvgIpc) is 2.42. The lowest BCUT2D eigenvalue weighted by molar-refractivity contribution is -0.124. The first-order valence-electron chi connectivity index (χ1n) is 6.95. The van der Waals surface area contributed by atoms with Crippen molar-refractivity contribution in [1.82, 2.24) is 5.32 Å². The summed E-state index contributed by atoms with van der Waals surface area (Å²) in [5.74, 6) is -0.171. The highest BCUT2D eigenvalue weighted by Crippen LogP contribution is 2.18. The maximum Gasteiger partial charge on any atom is 0.237 e. The summed E-state index contributed by atoms with van der Waals surface area (Å²) in [5.41, 5.74) is 6.97. The third kappa shape index (κ3) is 4.04. The summed E-state index contributed by atoms with van der Waals surface area (Å²) in [7, 11) is 0. The second-order valence-electron chi connectivity index (χ2n) is 5.26. The lowest BCUT2D eigenvalue weighted by Gasteiger charge is -2.29. The van der Waals surface area contributed by atoms with Crippen LogP contribution in [-0.2, 0) is 11.2 Å². The molecule has 1 fully saturated rings. The van der Waals surface area contributed by atoms with Crippen molar-refractivity contribution in [3.8, 4) is 0 Å². The second-order valence-corrected chi connectivity index (χ2v) is 5.26. The van der Waals surface area contributed by atoms with Crippen molar-refractivity contribution in [3.63, 3.8) is 0 Å². The number of rotatable bonds is 4. The van der Waals surface area contributed by atoms with Gasteiger partial charge in [-0.1, -0.05) is 43.2 Å². The van der Waals surface area contributed by atoms with Crippen LogP contribution >= 0.6 is 0 Å². The van der Waals surface area contributed by atoms with Crippen LogP contribution in [0, 0.1) is 0 Å². The molecule has 0 heterocycles. The Balaban J connectivity index is 1.85. The quantitative estimate of drug-likeness (QED) is 0.757. The number of aliphatic hydroxyl groups excluding tert-OH is 1. The number of benzene rings is 1. The molecule has 0 saturated heterocycles. The molecule has 104 valence electrons. The molecule has 1 aromatic rings. The minimum atomic E-state index is -0.559. The molecule has 1 saturated carbocycles. The lowest BCUT2D eigenvalue weighted by atomic mass is 9.92. The summed E-state index contributed by atoms with van der Waals surface area (Å²) < 4.78 is 0. The number of nitrogens with one attached hydrogen (secondary N) is 1. The van der Waals surface area contributed by atoms with Crippen LogP contribution in [0.4, 0.5) is 0 Å². The highest BCUT2D eigenvalue weighted by molar-refractivity contribution is 5.82. The standard InChI is InChI=1S/C15H22N2O2/c16-12(10-11-6-2-1-3-7-11)15(19)17-13-8-4-5-9-14(13)18/h1-3,6-7,12-14,18H,4-5,8-10,16H2,(H,17,19). The number of carbonyl (C=O) groups excluding carboxylic acids is 1. The topological polar surface area (TPSA) is 75.4 Å². The fourth-order valence-electron chi connectivity index (χ4n) is 2.53. The van der Waals surface area contributed by atoms with Crippen molar-refractivity contribution in [3.05, 3.63) is 35.9 Å². The van der Waals surface area contributed by atoms with E-state index in [4.69, 9.17) is 5.73 Å². The number of nitrogens with two attached hydrogens (primary N) is 1. The van der Waals surface area contributed by atoms with Gasteiger partial charge in [-0.2, -0.15) is 0 Å². The number of aliphatic hydroxyl groups is 1. The van der Waals surface area contributed by atoms with E-state index >= 15 is 0 Å². The molecule has 1 aromatic carbocycles. The van der Waals surface area contributed by atoms with Gasteiger partial charge in [0.15, 0.2) is 0 Å². The first-order valence-corrected chi connectivity index (χ1v) is 6.95. The van der Waals surface area contributed by atoms with E-state index < -0.39 is 12.1 Å². The Hall–Kier alpha value is -1.39. The Morgan fingerprint density at radius 1 is 1.32 bits per heavy atom. The van der Waals surface area contributed by atoms with Gasteiger partial charge < -0.3 is 16.2 Å². The van der Waals surface area contributed by atoms with Gasteiger partial charge in [0, 0.05) is 0 Å². The smallest absolute Gasteiger partial charge is 0.237 e. The fraction of sp³-hybridized carbons (Fsp3) is 0.533. The molecule has 19 heavy (non-hydrogen) atoms. The third-order valence-electron chi connectivity index (χ3n) is 3.69. The molecular weight excluding hydrogens is 240 g/mol. The Bertz CT molecular complexity index is 408. The van der Waals surface area contributed by atoms with Crippen LogP contribution < -0.4 is 11.1 Å². The summed E-state index contributed by atoms with van der Waals surface area (Å²) in [6.07, 6.45) is 3.78. The van der Waals surface area contributed by atoms with Crippen LogP contribution in [0.2, 0.25) is 0 Å². The largest absolute Gasteiger partial charge is 0.391 e. The van der Waals surface area contributed by atoms with E-state index in [-0.39, 0.29) is 11.9 Å². The fourth-order valence-corrected chi connectivity index (χ4v) is 2.53. The second kappa shape index (κ2) is 6.68. The predicted octanol–water partition coefficient (Wildman–Crippen LogP) is 0.976. The predicted molar refractivity (Wildman–Crippen MR) is 74.5 cm³/mol. The molecular formula is C15H22N2O2. The summed E-state index contributed by atoms with van der Waals surface area (Å²) in [5, 5.41) is 12.7. The van der Waals surface area contributed by atoms with Crippen molar-refractivity contribution in [1.29, 1.82) is 0 Å². The lowest BCUT2D eigenvalue weighted by Crippen LogP contribution is -2.51. The molecule has 3 unspecified atom stereocenters. The normalized spacial score (nSPS) is 24.7. The van der Waals surface area contributed by atoms with Gasteiger partial charge in [-0.3, -0.25) is 4.79 Å². The summed E-state index contributed by atoms with van der Waals surface area (Å²) >= 11 is 0. The molecule has 4 nitrogen and oxygen atoms in total. The van der Waals surface area contributed by atoms with Gasteiger partial charge in [-0.15, -0.1) is 0 Å². The van der Waals surface area contributed by atoms with Crippen molar-refractivity contribution in [2.75, 3.05) is 0 Å². The van der Waals surface area contributed by atoms with Gasteiger partial charge in [0.25, 0.3) is 0 Å². The van der Waals surface area contributed by atoms with Crippen molar-refractivity contribution in [2.45, 2.75) is 50.3 Å². The molecule has 2 rings (SSSR count). The van der Waals surface area contributed by atoms with Crippen LogP contribution in [0.15, 0.2) is 30.3 Å². The average molecular weight is 262 g/mol. The molecule has 0 spiro atoms. The maximum atomic E-state index is 12.0. The van der Waals surface area contributed by atoms with E-state index in [0.717, 1.165) is 31.2 Å². The van der Waals surface area contributed by atoms with E-state index in [0.29, 0.717) is 6.42 Å². The number of carbonyl (C=O) groups is 1. The molecule has 1 aliphatic rings. The van der Waals surface area contributed by atoms with Crippen LogP contribution in [0.3, 0.4) is 0 Å². The minimum Gasteiger partial charge on any atom is -0.391 e. The SMILES string of the molecule is NC(Cc1ccccc1)C(=O)NC1CCCCC1O. The molecule has 4 N–H and O–H groups in total. The van der Waals surface area contributed by atoms with Gasteiger partial charge in [-0.05, 0) is 24.8 Å². The monoisotopic (exact) mass is 262 g/mol. The molecule has 0 aromatic heterocycles. The zero-order chi connectivity index (χ0) is 13.7. The van der Waals surface area contributed by atoms with Crippen molar-refractivity contribution in [2.24, 2.45) is 5.73 Å². The number of amides is 1. The molecule has 1 amide bonds. The van der Waals surface area contributed by atoms with Gasteiger partial charge in [0.1, 0.15) is 0 Å². The Labute approximate surface area is 114 Å². The summed E-state index contributed by atoms with van der Waals surface area (Å²) in [6, 6.07) is 9.04. The first kappa shape index (κ1) is 14.0. The Morgan fingerprint density at radius 2 is 2.00 bits per heavy atom. The Kier molecular flexibility index (Phi) is 4.93. The van der Waals surface area contributed by atoms with Crippen LogP contribution in [0.5, 0.6) is 0 Å². The third-order valence-corrected chi connectivity index (χ3v) is 3.69. The first-order chi connectivity index (χ1) is 9.16. The van der Waals surface area contributed by atoms with Gasteiger partial charge >= 0.3 is 0 Å².